The van der Waals surface area contributed by atoms with Crippen LogP contribution in [0.3, 0.4) is 0 Å². The fourth-order valence-electron chi connectivity index (χ4n) is 6.20. The summed E-state index contributed by atoms with van der Waals surface area (Å²) in [6.45, 7) is 6.48. The largest absolute Gasteiger partial charge is 0.493 e. The minimum absolute atomic E-state index is 0.0696. The Balaban J connectivity index is 1.36. The second-order valence-electron chi connectivity index (χ2n) is 11.0. The van der Waals surface area contributed by atoms with Crippen molar-refractivity contribution in [2.45, 2.75) is 19.8 Å². The number of hydrogen-bond acceptors (Lipinski definition) is 7. The Kier molecular flexibility index (Phi) is 6.27. The van der Waals surface area contributed by atoms with E-state index in [2.05, 4.69) is 51.1 Å². The van der Waals surface area contributed by atoms with Gasteiger partial charge in [-0.2, -0.15) is 0 Å². The van der Waals surface area contributed by atoms with Gasteiger partial charge in [0, 0.05) is 67.7 Å². The molecule has 0 bridgehead atoms. The van der Waals surface area contributed by atoms with Crippen molar-refractivity contribution in [1.29, 1.82) is 0 Å². The topological polar surface area (TPSA) is 91.7 Å². The van der Waals surface area contributed by atoms with Crippen LogP contribution >= 0.6 is 0 Å². The lowest BCUT2D eigenvalue weighted by atomic mass is 9.86. The monoisotopic (exact) mass is 545 g/mol. The number of aliphatic carboxylic acids is 1. The molecule has 8 nitrogen and oxygen atoms in total. The number of rotatable bonds is 5. The molecular formula is C33H31N5O3. The van der Waals surface area contributed by atoms with Gasteiger partial charge in [-0.15, -0.1) is 0 Å². The van der Waals surface area contributed by atoms with Crippen molar-refractivity contribution in [2.75, 3.05) is 44.7 Å². The van der Waals surface area contributed by atoms with Crippen molar-refractivity contribution >= 4 is 33.6 Å². The van der Waals surface area contributed by atoms with Gasteiger partial charge in [0.2, 0.25) is 5.95 Å². The quantitative estimate of drug-likeness (QED) is 0.325. The molecule has 206 valence electrons. The van der Waals surface area contributed by atoms with Crippen molar-refractivity contribution < 1.29 is 14.6 Å². The van der Waals surface area contributed by atoms with Gasteiger partial charge in [-0.3, -0.25) is 9.78 Å². The van der Waals surface area contributed by atoms with Gasteiger partial charge in [0.25, 0.3) is 0 Å². The standard InChI is InChI=1S/C33H31N5O3/c1-20-15-23-16-22(24-18-35-33(36-19-24)38-12-10-37(2)11-13-38)3-4-25(23)31(27(20)17-29(39)40)26-5-6-28-30-21(8-14-41-28)7-9-34-32(26)30/h3-7,9,15-16,18-19H,8,10-14,17H2,1-2H3,(H,39,40). The Bertz CT molecular complexity index is 1800. The van der Waals surface area contributed by atoms with Crippen molar-refractivity contribution in [1.82, 2.24) is 19.9 Å². The molecule has 1 fully saturated rings. The summed E-state index contributed by atoms with van der Waals surface area (Å²) >= 11 is 0. The highest BCUT2D eigenvalue weighted by atomic mass is 16.5. The first-order valence-electron chi connectivity index (χ1n) is 14.0. The molecule has 0 unspecified atom stereocenters. The number of carboxylic acid groups (broad SMARTS) is 1. The molecule has 41 heavy (non-hydrogen) atoms. The van der Waals surface area contributed by atoms with E-state index in [0.717, 1.165) is 99.4 Å². The van der Waals surface area contributed by atoms with E-state index in [1.165, 1.54) is 5.56 Å². The Morgan fingerprint density at radius 1 is 0.976 bits per heavy atom. The number of anilines is 1. The van der Waals surface area contributed by atoms with Gasteiger partial charge in [0.05, 0.1) is 18.5 Å². The van der Waals surface area contributed by atoms with E-state index in [-0.39, 0.29) is 6.42 Å². The van der Waals surface area contributed by atoms with Crippen LogP contribution in [0.25, 0.3) is 43.9 Å². The smallest absolute Gasteiger partial charge is 0.307 e. The average molecular weight is 546 g/mol. The zero-order chi connectivity index (χ0) is 28.1. The van der Waals surface area contributed by atoms with Crippen LogP contribution in [0.1, 0.15) is 16.7 Å². The van der Waals surface area contributed by atoms with Crippen molar-refractivity contribution in [3.63, 3.8) is 0 Å². The van der Waals surface area contributed by atoms with Gasteiger partial charge in [-0.1, -0.05) is 18.2 Å². The summed E-state index contributed by atoms with van der Waals surface area (Å²) in [6.07, 6.45) is 6.38. The number of carbonyl (C=O) groups is 1. The second-order valence-corrected chi connectivity index (χ2v) is 11.0. The Morgan fingerprint density at radius 2 is 1.78 bits per heavy atom. The lowest BCUT2D eigenvalue weighted by Crippen LogP contribution is -2.45. The van der Waals surface area contributed by atoms with Crippen LogP contribution in [0.15, 0.2) is 61.1 Å². The first kappa shape index (κ1) is 25.4. The van der Waals surface area contributed by atoms with Crippen LogP contribution < -0.4 is 9.64 Å². The molecule has 0 saturated carbocycles. The second kappa shape index (κ2) is 10.1. The number of pyridine rings is 1. The highest BCUT2D eigenvalue weighted by Crippen LogP contribution is 2.43. The van der Waals surface area contributed by atoms with Gasteiger partial charge in [-0.25, -0.2) is 9.97 Å². The van der Waals surface area contributed by atoms with Crippen LogP contribution in [0.5, 0.6) is 5.75 Å². The summed E-state index contributed by atoms with van der Waals surface area (Å²) in [5.74, 6) is 0.734. The van der Waals surface area contributed by atoms with Crippen LogP contribution in [0, 0.1) is 6.92 Å². The number of piperazine rings is 1. The van der Waals surface area contributed by atoms with Gasteiger partial charge in [0.1, 0.15) is 5.75 Å². The Hall–Kier alpha value is -4.56. The number of aryl methyl sites for hydroxylation is 1. The van der Waals surface area contributed by atoms with Crippen molar-refractivity contribution in [2.24, 2.45) is 0 Å². The third kappa shape index (κ3) is 4.54. The van der Waals surface area contributed by atoms with Gasteiger partial charge in [0.15, 0.2) is 0 Å². The summed E-state index contributed by atoms with van der Waals surface area (Å²) in [6, 6.07) is 14.5. The number of benzene rings is 3. The zero-order valence-electron chi connectivity index (χ0n) is 23.2. The molecule has 0 aliphatic carbocycles. The molecule has 3 aromatic carbocycles. The van der Waals surface area contributed by atoms with Gasteiger partial charge in [-0.05, 0) is 76.8 Å². The first-order valence-corrected chi connectivity index (χ1v) is 14.0. The highest BCUT2D eigenvalue weighted by molar-refractivity contribution is 6.09. The summed E-state index contributed by atoms with van der Waals surface area (Å²) in [7, 11) is 2.14. The maximum absolute atomic E-state index is 12.0. The minimum Gasteiger partial charge on any atom is -0.493 e. The van der Waals surface area contributed by atoms with E-state index in [4.69, 9.17) is 9.72 Å². The number of hydrogen-bond donors (Lipinski definition) is 1. The fourth-order valence-corrected chi connectivity index (χ4v) is 6.20. The number of carboxylic acids is 1. The highest BCUT2D eigenvalue weighted by Gasteiger charge is 2.23. The molecule has 2 aliphatic rings. The predicted molar refractivity (Wildman–Crippen MR) is 161 cm³/mol. The number of ether oxygens (including phenoxy) is 1. The van der Waals surface area contributed by atoms with Gasteiger partial charge < -0.3 is 19.6 Å². The van der Waals surface area contributed by atoms with Crippen LogP contribution in [-0.4, -0.2) is 70.8 Å². The zero-order valence-corrected chi connectivity index (χ0v) is 23.2. The summed E-state index contributed by atoms with van der Waals surface area (Å²) in [5, 5.41) is 12.9. The molecule has 0 radical (unpaired) electrons. The normalized spacial score (nSPS) is 15.3. The van der Waals surface area contributed by atoms with Crippen molar-refractivity contribution in [3.8, 4) is 28.0 Å². The number of aromatic nitrogens is 3. The Morgan fingerprint density at radius 3 is 2.56 bits per heavy atom. The maximum Gasteiger partial charge on any atom is 0.307 e. The number of fused-ring (bicyclic) bond motifs is 1. The fraction of sp³-hybridized carbons (Fsp3) is 0.273. The molecule has 0 atom stereocenters. The molecule has 5 aromatic rings. The van der Waals surface area contributed by atoms with Gasteiger partial charge >= 0.3 is 5.97 Å². The molecule has 8 heteroatoms. The van der Waals surface area contributed by atoms with E-state index >= 15 is 0 Å². The molecule has 0 amide bonds. The third-order valence-electron chi connectivity index (χ3n) is 8.39. The number of likely N-dealkylation sites (N-methyl/N-ethyl adjacent to an activating group) is 1. The molecule has 7 rings (SSSR count). The van der Waals surface area contributed by atoms with E-state index in [1.807, 2.05) is 43.7 Å². The lowest BCUT2D eigenvalue weighted by molar-refractivity contribution is -0.136. The minimum atomic E-state index is -0.859. The predicted octanol–water partition coefficient (Wildman–Crippen LogP) is 5.13. The third-order valence-corrected chi connectivity index (χ3v) is 8.39. The summed E-state index contributed by atoms with van der Waals surface area (Å²) in [5.41, 5.74) is 7.59. The molecule has 4 heterocycles. The van der Waals surface area contributed by atoms with E-state index < -0.39 is 5.97 Å². The van der Waals surface area contributed by atoms with Crippen LogP contribution in [0.4, 0.5) is 5.95 Å². The first-order chi connectivity index (χ1) is 20.0. The van der Waals surface area contributed by atoms with Crippen LogP contribution in [-0.2, 0) is 17.6 Å². The van der Waals surface area contributed by atoms with E-state index in [0.29, 0.717) is 6.61 Å². The van der Waals surface area contributed by atoms with E-state index in [9.17, 15) is 9.90 Å². The molecule has 2 aromatic heterocycles. The SMILES string of the molecule is Cc1cc2cc(-c3cnc(N4CCN(C)CC4)nc3)ccc2c(-c2ccc3c4c(ccnc24)CCO3)c1CC(=O)O. The molecule has 0 spiro atoms. The lowest BCUT2D eigenvalue weighted by Gasteiger charge is -2.32. The summed E-state index contributed by atoms with van der Waals surface area (Å²) < 4.78 is 5.96. The molecule has 2 aliphatic heterocycles. The molecule has 1 N–H and O–H groups in total. The molecule has 1 saturated heterocycles. The Labute approximate surface area is 238 Å². The summed E-state index contributed by atoms with van der Waals surface area (Å²) in [4.78, 5) is 30.7. The molecular weight excluding hydrogens is 514 g/mol. The maximum atomic E-state index is 12.0. The van der Waals surface area contributed by atoms with Crippen molar-refractivity contribution in [3.05, 3.63) is 77.7 Å². The van der Waals surface area contributed by atoms with E-state index in [1.54, 1.807) is 0 Å². The van der Waals surface area contributed by atoms with Crippen LogP contribution in [0.2, 0.25) is 0 Å². The number of nitrogens with zero attached hydrogens (tertiary/aromatic N) is 5. The average Bonchev–Trinajstić information content (AvgIpc) is 2.98.